The zero-order valence-corrected chi connectivity index (χ0v) is 11.2. The van der Waals surface area contributed by atoms with Gasteiger partial charge in [0.05, 0.1) is 11.6 Å². The first-order chi connectivity index (χ1) is 8.00. The van der Waals surface area contributed by atoms with Gasteiger partial charge in [-0.2, -0.15) is 0 Å². The molecule has 0 saturated heterocycles. The third-order valence-corrected chi connectivity index (χ3v) is 3.54. The lowest BCUT2D eigenvalue weighted by Gasteiger charge is -2.08. The standard InChI is InChI=1S/C13H15BrN2O/c1-8(17)12(15)6-9-7-16(2)13-10(9)4-3-5-11(13)14/h3-5,7,12,17H,1,6,15H2,2H3. The number of para-hydroxylation sites is 1. The van der Waals surface area contributed by atoms with Crippen LogP contribution >= 0.6 is 15.9 Å². The van der Waals surface area contributed by atoms with E-state index in [1.54, 1.807) is 0 Å². The second kappa shape index (κ2) is 4.55. The molecular formula is C13H15BrN2O. The normalized spacial score (nSPS) is 12.9. The number of aliphatic hydroxyl groups is 1. The predicted molar refractivity (Wildman–Crippen MR) is 74.1 cm³/mol. The Labute approximate surface area is 109 Å². The predicted octanol–water partition coefficient (Wildman–Crippen LogP) is 2.88. The quantitative estimate of drug-likeness (QED) is 0.855. The molecule has 4 heteroatoms. The van der Waals surface area contributed by atoms with E-state index in [4.69, 9.17) is 5.73 Å². The van der Waals surface area contributed by atoms with E-state index in [9.17, 15) is 5.11 Å². The molecule has 1 unspecified atom stereocenters. The average molecular weight is 295 g/mol. The maximum atomic E-state index is 9.28. The Morgan fingerprint density at radius 3 is 2.94 bits per heavy atom. The molecule has 1 atom stereocenters. The van der Waals surface area contributed by atoms with E-state index in [0.29, 0.717) is 6.42 Å². The van der Waals surface area contributed by atoms with Crippen LogP contribution in [0.1, 0.15) is 5.56 Å². The van der Waals surface area contributed by atoms with Gasteiger partial charge in [0.1, 0.15) is 5.76 Å². The zero-order chi connectivity index (χ0) is 12.6. The maximum Gasteiger partial charge on any atom is 0.102 e. The minimum atomic E-state index is -0.417. The molecule has 2 aromatic rings. The van der Waals surface area contributed by atoms with Gasteiger partial charge in [-0.3, -0.25) is 0 Å². The Morgan fingerprint density at radius 2 is 2.29 bits per heavy atom. The van der Waals surface area contributed by atoms with Gasteiger partial charge < -0.3 is 15.4 Å². The summed E-state index contributed by atoms with van der Waals surface area (Å²) in [5, 5.41) is 10.4. The van der Waals surface area contributed by atoms with Crippen molar-refractivity contribution in [3.63, 3.8) is 0 Å². The number of hydrogen-bond donors (Lipinski definition) is 2. The van der Waals surface area contributed by atoms with Crippen molar-refractivity contribution in [1.82, 2.24) is 4.57 Å². The van der Waals surface area contributed by atoms with Crippen molar-refractivity contribution < 1.29 is 5.11 Å². The highest BCUT2D eigenvalue weighted by atomic mass is 79.9. The van der Waals surface area contributed by atoms with Crippen LogP contribution in [0.15, 0.2) is 41.2 Å². The summed E-state index contributed by atoms with van der Waals surface area (Å²) >= 11 is 3.54. The van der Waals surface area contributed by atoms with Gasteiger partial charge in [-0.05, 0) is 34.0 Å². The van der Waals surface area contributed by atoms with Gasteiger partial charge in [-0.15, -0.1) is 0 Å². The van der Waals surface area contributed by atoms with Gasteiger partial charge in [0.15, 0.2) is 0 Å². The lowest BCUT2D eigenvalue weighted by Crippen LogP contribution is -2.24. The second-order valence-electron chi connectivity index (χ2n) is 4.20. The van der Waals surface area contributed by atoms with Crippen LogP contribution < -0.4 is 5.73 Å². The van der Waals surface area contributed by atoms with Gasteiger partial charge in [0, 0.05) is 23.1 Å². The minimum absolute atomic E-state index is 0.0250. The first kappa shape index (κ1) is 12.2. The van der Waals surface area contributed by atoms with E-state index in [-0.39, 0.29) is 5.76 Å². The number of hydrogen-bond acceptors (Lipinski definition) is 2. The van der Waals surface area contributed by atoms with Gasteiger partial charge >= 0.3 is 0 Å². The van der Waals surface area contributed by atoms with Crippen LogP contribution in [0.3, 0.4) is 0 Å². The van der Waals surface area contributed by atoms with Crippen molar-refractivity contribution in [2.75, 3.05) is 0 Å². The molecule has 90 valence electrons. The summed E-state index contributed by atoms with van der Waals surface area (Å²) < 4.78 is 3.11. The van der Waals surface area contributed by atoms with Gasteiger partial charge in [0.25, 0.3) is 0 Å². The number of benzene rings is 1. The van der Waals surface area contributed by atoms with Crippen molar-refractivity contribution in [3.8, 4) is 0 Å². The fourth-order valence-corrected chi connectivity index (χ4v) is 2.66. The Balaban J connectivity index is 2.49. The average Bonchev–Trinajstić information content (AvgIpc) is 2.57. The van der Waals surface area contributed by atoms with Crippen molar-refractivity contribution in [3.05, 3.63) is 46.8 Å². The Bertz CT molecular complexity index is 574. The summed E-state index contributed by atoms with van der Waals surface area (Å²) in [6, 6.07) is 5.65. The van der Waals surface area contributed by atoms with Gasteiger partial charge in [-0.1, -0.05) is 18.7 Å². The highest BCUT2D eigenvalue weighted by Gasteiger charge is 2.13. The summed E-state index contributed by atoms with van der Waals surface area (Å²) in [5.41, 5.74) is 8.07. The summed E-state index contributed by atoms with van der Waals surface area (Å²) in [7, 11) is 2.00. The second-order valence-corrected chi connectivity index (χ2v) is 5.06. The molecule has 0 aliphatic heterocycles. The molecule has 1 aromatic heterocycles. The SMILES string of the molecule is C=C(O)C(N)Cc1cn(C)c2c(Br)cccc12. The van der Waals surface area contributed by atoms with Crippen LogP contribution in [-0.4, -0.2) is 15.7 Å². The molecule has 0 fully saturated rings. The number of fused-ring (bicyclic) bond motifs is 1. The van der Waals surface area contributed by atoms with E-state index in [2.05, 4.69) is 33.1 Å². The number of aryl methyl sites for hydroxylation is 1. The van der Waals surface area contributed by atoms with E-state index >= 15 is 0 Å². The van der Waals surface area contributed by atoms with Crippen molar-refractivity contribution >= 4 is 26.8 Å². The molecule has 17 heavy (non-hydrogen) atoms. The molecule has 3 N–H and O–H groups in total. The fraction of sp³-hybridized carbons (Fsp3) is 0.231. The summed E-state index contributed by atoms with van der Waals surface area (Å²) in [6.45, 7) is 3.47. The largest absolute Gasteiger partial charge is 0.511 e. The third kappa shape index (κ3) is 2.23. The van der Waals surface area contributed by atoms with E-state index < -0.39 is 6.04 Å². The van der Waals surface area contributed by atoms with Crippen molar-refractivity contribution in [2.45, 2.75) is 12.5 Å². The number of halogens is 1. The van der Waals surface area contributed by atoms with E-state index in [1.807, 2.05) is 25.4 Å². The number of aromatic nitrogens is 1. The first-order valence-electron chi connectivity index (χ1n) is 5.36. The number of nitrogens with two attached hydrogens (primary N) is 1. The monoisotopic (exact) mass is 294 g/mol. The Hall–Kier alpha value is -1.26. The van der Waals surface area contributed by atoms with Crippen LogP contribution in [0.5, 0.6) is 0 Å². The molecule has 0 radical (unpaired) electrons. The minimum Gasteiger partial charge on any atom is -0.511 e. The number of nitrogens with zero attached hydrogens (tertiary/aromatic N) is 1. The van der Waals surface area contributed by atoms with Crippen LogP contribution in [0.25, 0.3) is 10.9 Å². The molecule has 0 aliphatic carbocycles. The van der Waals surface area contributed by atoms with Crippen LogP contribution in [0, 0.1) is 0 Å². The molecular weight excluding hydrogens is 280 g/mol. The van der Waals surface area contributed by atoms with Crippen molar-refractivity contribution in [2.24, 2.45) is 12.8 Å². The highest BCUT2D eigenvalue weighted by molar-refractivity contribution is 9.10. The molecule has 0 saturated carbocycles. The third-order valence-electron chi connectivity index (χ3n) is 2.90. The number of rotatable bonds is 3. The topological polar surface area (TPSA) is 51.2 Å². The molecule has 0 aliphatic rings. The summed E-state index contributed by atoms with van der Waals surface area (Å²) in [6.07, 6.45) is 2.63. The fourth-order valence-electron chi connectivity index (χ4n) is 2.02. The summed E-state index contributed by atoms with van der Waals surface area (Å²) in [5.74, 6) is 0.0250. The molecule has 2 rings (SSSR count). The van der Waals surface area contributed by atoms with Gasteiger partial charge in [0.2, 0.25) is 0 Å². The van der Waals surface area contributed by atoms with Crippen LogP contribution in [0.4, 0.5) is 0 Å². The molecule has 0 bridgehead atoms. The van der Waals surface area contributed by atoms with E-state index in [1.165, 1.54) is 0 Å². The van der Waals surface area contributed by atoms with Crippen LogP contribution in [-0.2, 0) is 13.5 Å². The molecule has 0 spiro atoms. The Morgan fingerprint density at radius 1 is 1.59 bits per heavy atom. The van der Waals surface area contributed by atoms with E-state index in [0.717, 1.165) is 20.9 Å². The van der Waals surface area contributed by atoms with Crippen molar-refractivity contribution in [1.29, 1.82) is 0 Å². The highest BCUT2D eigenvalue weighted by Crippen LogP contribution is 2.28. The molecule has 1 heterocycles. The first-order valence-corrected chi connectivity index (χ1v) is 6.15. The maximum absolute atomic E-state index is 9.28. The lowest BCUT2D eigenvalue weighted by molar-refractivity contribution is 0.369. The van der Waals surface area contributed by atoms with Crippen LogP contribution in [0.2, 0.25) is 0 Å². The lowest BCUT2D eigenvalue weighted by atomic mass is 10.0. The number of aliphatic hydroxyl groups excluding tert-OH is 1. The molecule has 3 nitrogen and oxygen atoms in total. The smallest absolute Gasteiger partial charge is 0.102 e. The summed E-state index contributed by atoms with van der Waals surface area (Å²) in [4.78, 5) is 0. The molecule has 0 amide bonds. The molecule has 1 aromatic carbocycles. The zero-order valence-electron chi connectivity index (χ0n) is 9.65. The Kier molecular flexibility index (Phi) is 3.26. The van der Waals surface area contributed by atoms with Gasteiger partial charge in [-0.25, -0.2) is 0 Å².